The van der Waals surface area contributed by atoms with E-state index in [1.54, 1.807) is 16.9 Å². The van der Waals surface area contributed by atoms with Crippen molar-refractivity contribution in [2.45, 2.75) is 51.1 Å². The molecule has 4 heterocycles. The van der Waals surface area contributed by atoms with Crippen molar-refractivity contribution >= 4 is 38.9 Å². The predicted octanol–water partition coefficient (Wildman–Crippen LogP) is 3.72. The van der Waals surface area contributed by atoms with Gasteiger partial charge in [0.15, 0.2) is 5.65 Å². The van der Waals surface area contributed by atoms with Gasteiger partial charge in [-0.1, -0.05) is 37.0 Å². The summed E-state index contributed by atoms with van der Waals surface area (Å²) in [5.41, 5.74) is 1.74. The van der Waals surface area contributed by atoms with Gasteiger partial charge in [0, 0.05) is 24.8 Å². The number of aromatic nitrogens is 5. The average Bonchev–Trinajstić information content (AvgIpc) is 3.33. The smallest absolute Gasteiger partial charge is 0.249 e. The summed E-state index contributed by atoms with van der Waals surface area (Å²) in [6, 6.07) is 1.19. The average molecular weight is 457 g/mol. The van der Waals surface area contributed by atoms with Crippen LogP contribution in [0.5, 0.6) is 0 Å². The summed E-state index contributed by atoms with van der Waals surface area (Å²) >= 11 is 12.6. The largest absolute Gasteiger partial charge is 0.253 e. The van der Waals surface area contributed by atoms with Gasteiger partial charge in [0.1, 0.15) is 15.2 Å². The Morgan fingerprint density at radius 3 is 2.79 bits per heavy atom. The summed E-state index contributed by atoms with van der Waals surface area (Å²) in [4.78, 5) is 4.20. The van der Waals surface area contributed by atoms with E-state index in [4.69, 9.17) is 23.2 Å². The van der Waals surface area contributed by atoms with Crippen LogP contribution in [0.3, 0.4) is 0 Å². The molecular formula is C18H22Cl2N6O2S. The summed E-state index contributed by atoms with van der Waals surface area (Å²) in [6.45, 7) is 7.12. The number of hydrogen-bond acceptors (Lipinski definition) is 5. The van der Waals surface area contributed by atoms with E-state index in [0.29, 0.717) is 30.6 Å². The van der Waals surface area contributed by atoms with Crippen molar-refractivity contribution in [1.29, 1.82) is 0 Å². The molecule has 1 fully saturated rings. The van der Waals surface area contributed by atoms with E-state index in [1.807, 2.05) is 6.92 Å². The van der Waals surface area contributed by atoms with Crippen molar-refractivity contribution in [2.75, 3.05) is 6.54 Å². The van der Waals surface area contributed by atoms with Gasteiger partial charge in [-0.15, -0.1) is 0 Å². The highest BCUT2D eigenvalue weighted by atomic mass is 35.5. The lowest BCUT2D eigenvalue weighted by Crippen LogP contribution is -2.31. The maximum atomic E-state index is 13.5. The zero-order valence-corrected chi connectivity index (χ0v) is 18.7. The van der Waals surface area contributed by atoms with Crippen LogP contribution in [0, 0.1) is 12.8 Å². The zero-order chi connectivity index (χ0) is 20.9. The first kappa shape index (κ1) is 20.6. The zero-order valence-electron chi connectivity index (χ0n) is 16.4. The molecule has 0 spiro atoms. The fourth-order valence-electron chi connectivity index (χ4n) is 3.86. The molecular weight excluding hydrogens is 435 g/mol. The van der Waals surface area contributed by atoms with E-state index in [9.17, 15) is 8.42 Å². The predicted molar refractivity (Wildman–Crippen MR) is 111 cm³/mol. The summed E-state index contributed by atoms with van der Waals surface area (Å²) < 4.78 is 31.7. The van der Waals surface area contributed by atoms with Gasteiger partial charge in [0.2, 0.25) is 10.0 Å². The first-order valence-corrected chi connectivity index (χ1v) is 11.6. The van der Waals surface area contributed by atoms with Gasteiger partial charge in [-0.25, -0.2) is 17.9 Å². The van der Waals surface area contributed by atoms with Crippen LogP contribution in [0.15, 0.2) is 23.4 Å². The molecule has 0 amide bonds. The molecule has 0 saturated carbocycles. The van der Waals surface area contributed by atoms with Gasteiger partial charge >= 0.3 is 0 Å². The monoisotopic (exact) mass is 456 g/mol. The van der Waals surface area contributed by atoms with E-state index in [-0.39, 0.29) is 21.7 Å². The van der Waals surface area contributed by atoms with Crippen LogP contribution in [0.25, 0.3) is 5.65 Å². The van der Waals surface area contributed by atoms with Crippen molar-refractivity contribution in [3.63, 3.8) is 0 Å². The fourth-order valence-corrected chi connectivity index (χ4v) is 6.09. The Morgan fingerprint density at radius 2 is 2.07 bits per heavy atom. The molecule has 1 atom stereocenters. The number of hydrogen-bond donors (Lipinski definition) is 0. The molecule has 3 aromatic rings. The standard InChI is InChI=1S/C18H22Cl2N6O2S/c1-11(2)10-25-17(20)16(12(3)23-25)13-5-4-7-26(13)29(27,28)14-9-21-24-8-6-15(19)22-18(14)24/h6,8-9,11,13H,4-5,7,10H2,1-3H3. The van der Waals surface area contributed by atoms with Gasteiger partial charge < -0.3 is 0 Å². The van der Waals surface area contributed by atoms with Crippen molar-refractivity contribution in [2.24, 2.45) is 5.92 Å². The van der Waals surface area contributed by atoms with Crippen LogP contribution in [0.1, 0.15) is 44.0 Å². The van der Waals surface area contributed by atoms with E-state index in [0.717, 1.165) is 17.7 Å². The highest BCUT2D eigenvalue weighted by Gasteiger charge is 2.40. The number of fused-ring (bicyclic) bond motifs is 1. The van der Waals surface area contributed by atoms with E-state index >= 15 is 0 Å². The number of rotatable bonds is 5. The molecule has 11 heteroatoms. The summed E-state index contributed by atoms with van der Waals surface area (Å²) in [6.07, 6.45) is 4.32. The highest BCUT2D eigenvalue weighted by Crippen LogP contribution is 2.41. The summed E-state index contributed by atoms with van der Waals surface area (Å²) in [5, 5.41) is 9.38. The van der Waals surface area contributed by atoms with Crippen LogP contribution in [0.2, 0.25) is 10.3 Å². The second-order valence-electron chi connectivity index (χ2n) is 7.67. The van der Waals surface area contributed by atoms with Crippen LogP contribution >= 0.6 is 23.2 Å². The molecule has 4 rings (SSSR count). The molecule has 0 radical (unpaired) electrons. The Hall–Kier alpha value is -1.68. The Balaban J connectivity index is 1.77. The third-order valence-electron chi connectivity index (χ3n) is 5.07. The topological polar surface area (TPSA) is 85.4 Å². The van der Waals surface area contributed by atoms with Crippen LogP contribution in [-0.2, 0) is 16.6 Å². The van der Waals surface area contributed by atoms with Gasteiger partial charge in [0.05, 0.1) is 17.9 Å². The number of halogens is 2. The van der Waals surface area contributed by atoms with Crippen molar-refractivity contribution in [3.8, 4) is 0 Å². The van der Waals surface area contributed by atoms with Gasteiger partial charge in [-0.2, -0.15) is 14.5 Å². The second kappa shape index (κ2) is 7.54. The van der Waals surface area contributed by atoms with Crippen LogP contribution in [0.4, 0.5) is 0 Å². The minimum absolute atomic E-state index is 0.0373. The first-order valence-electron chi connectivity index (χ1n) is 9.44. The number of sulfonamides is 1. The lowest BCUT2D eigenvalue weighted by atomic mass is 10.1. The molecule has 1 saturated heterocycles. The Bertz CT molecular complexity index is 1170. The lowest BCUT2D eigenvalue weighted by molar-refractivity contribution is 0.395. The third kappa shape index (κ3) is 3.54. The van der Waals surface area contributed by atoms with Crippen LogP contribution in [-0.4, -0.2) is 43.6 Å². The van der Waals surface area contributed by atoms with E-state index < -0.39 is 10.0 Å². The SMILES string of the molecule is Cc1nn(CC(C)C)c(Cl)c1C1CCCN1S(=O)(=O)c1cnn2ccc(Cl)nc12. The normalized spacial score (nSPS) is 18.3. The molecule has 29 heavy (non-hydrogen) atoms. The quantitative estimate of drug-likeness (QED) is 0.545. The Morgan fingerprint density at radius 1 is 1.31 bits per heavy atom. The summed E-state index contributed by atoms with van der Waals surface area (Å²) in [5.74, 6) is 0.373. The second-order valence-corrected chi connectivity index (χ2v) is 10.3. The molecule has 1 aliphatic heterocycles. The molecule has 1 aliphatic rings. The summed E-state index contributed by atoms with van der Waals surface area (Å²) in [7, 11) is -3.85. The van der Waals surface area contributed by atoms with Crippen molar-refractivity contribution in [3.05, 3.63) is 40.0 Å². The molecule has 156 valence electrons. The molecule has 8 nitrogen and oxygen atoms in total. The highest BCUT2D eigenvalue weighted by molar-refractivity contribution is 7.89. The van der Waals surface area contributed by atoms with Gasteiger partial charge in [-0.3, -0.25) is 4.68 Å². The number of nitrogens with zero attached hydrogens (tertiary/aromatic N) is 6. The maximum absolute atomic E-state index is 13.5. The minimum atomic E-state index is -3.85. The molecule has 0 aliphatic carbocycles. The molecule has 1 unspecified atom stereocenters. The van der Waals surface area contributed by atoms with Gasteiger partial charge in [0.25, 0.3) is 0 Å². The van der Waals surface area contributed by atoms with Crippen molar-refractivity contribution < 1.29 is 8.42 Å². The third-order valence-corrected chi connectivity index (χ3v) is 7.58. The molecule has 3 aromatic heterocycles. The van der Waals surface area contributed by atoms with Crippen molar-refractivity contribution in [1.82, 2.24) is 28.7 Å². The molecule has 0 N–H and O–H groups in total. The van der Waals surface area contributed by atoms with Crippen LogP contribution < -0.4 is 0 Å². The molecule has 0 bridgehead atoms. The van der Waals surface area contributed by atoms with Gasteiger partial charge in [-0.05, 0) is 31.7 Å². The Labute approximate surface area is 179 Å². The number of aryl methyl sites for hydroxylation is 1. The lowest BCUT2D eigenvalue weighted by Gasteiger charge is -2.23. The minimum Gasteiger partial charge on any atom is -0.253 e. The molecule has 0 aromatic carbocycles. The van der Waals surface area contributed by atoms with E-state index in [1.165, 1.54) is 15.0 Å². The Kier molecular flexibility index (Phi) is 5.35. The van der Waals surface area contributed by atoms with E-state index in [2.05, 4.69) is 29.0 Å². The fraction of sp³-hybridized carbons (Fsp3) is 0.500. The maximum Gasteiger partial charge on any atom is 0.249 e. The first-order chi connectivity index (χ1) is 13.7.